The van der Waals surface area contributed by atoms with Crippen molar-refractivity contribution in [3.05, 3.63) is 196 Å². The molecule has 0 unspecified atom stereocenters. The van der Waals surface area contributed by atoms with Crippen LogP contribution < -0.4 is 19.5 Å². The van der Waals surface area contributed by atoms with Gasteiger partial charge in [-0.15, -0.1) is 11.3 Å². The third-order valence-corrected chi connectivity index (χ3v) is 10.7. The van der Waals surface area contributed by atoms with E-state index in [9.17, 15) is 9.90 Å². The number of nitrogens with one attached hydrogen (secondary N) is 1. The van der Waals surface area contributed by atoms with Gasteiger partial charge in [-0.25, -0.2) is 4.79 Å². The van der Waals surface area contributed by atoms with Crippen LogP contribution in [-0.4, -0.2) is 11.1 Å². The summed E-state index contributed by atoms with van der Waals surface area (Å²) in [6, 6.07) is 55.3. The Kier molecular flexibility index (Phi) is 11.0. The molecule has 0 saturated carbocycles. The molecule has 8 aromatic rings. The maximum Gasteiger partial charge on any atom is 0.337 e. The highest BCUT2D eigenvalue weighted by molar-refractivity contribution is 7.19. The number of rotatable bonds is 14. The Morgan fingerprint density at radius 1 is 0.607 bits per heavy atom. The first-order chi connectivity index (χ1) is 27.5. The zero-order valence-corrected chi connectivity index (χ0v) is 31.7. The summed E-state index contributed by atoms with van der Waals surface area (Å²) >= 11 is 7.75. The van der Waals surface area contributed by atoms with Crippen LogP contribution in [0, 0.1) is 0 Å². The summed E-state index contributed by atoms with van der Waals surface area (Å²) in [6.45, 7) is 0.976. The molecule has 0 aliphatic rings. The summed E-state index contributed by atoms with van der Waals surface area (Å²) in [7, 11) is 0. The molecule has 0 aliphatic heterocycles. The summed E-state index contributed by atoms with van der Waals surface area (Å²) in [5.41, 5.74) is 7.31. The monoisotopic (exact) mass is 773 g/mol. The Labute approximate surface area is 334 Å². The van der Waals surface area contributed by atoms with Crippen LogP contribution in [0.15, 0.2) is 170 Å². The van der Waals surface area contributed by atoms with Gasteiger partial charge < -0.3 is 24.6 Å². The van der Waals surface area contributed by atoms with Crippen LogP contribution >= 0.6 is 22.9 Å². The molecule has 8 rings (SSSR count). The molecular formula is C48H36ClNO5S. The van der Waals surface area contributed by atoms with Gasteiger partial charge in [0.25, 0.3) is 0 Å². The zero-order valence-electron chi connectivity index (χ0n) is 30.2. The number of hydrogen-bond donors (Lipinski definition) is 2. The van der Waals surface area contributed by atoms with Crippen LogP contribution in [0.2, 0.25) is 5.02 Å². The number of carboxylic acid groups (broad SMARTS) is 1. The number of fused-ring (bicyclic) bond motifs is 1. The zero-order chi connectivity index (χ0) is 38.3. The van der Waals surface area contributed by atoms with Crippen LogP contribution in [0.4, 0.5) is 5.69 Å². The molecule has 0 amide bonds. The molecule has 56 heavy (non-hydrogen) atoms. The van der Waals surface area contributed by atoms with E-state index in [-0.39, 0.29) is 5.56 Å². The molecule has 0 bridgehead atoms. The van der Waals surface area contributed by atoms with Crippen molar-refractivity contribution >= 4 is 44.7 Å². The Morgan fingerprint density at radius 2 is 1.12 bits per heavy atom. The van der Waals surface area contributed by atoms with Gasteiger partial charge in [0.15, 0.2) is 17.2 Å². The number of thiophene rings is 1. The Bertz CT molecular complexity index is 2570. The van der Waals surface area contributed by atoms with Crippen LogP contribution in [0.25, 0.3) is 32.3 Å². The van der Waals surface area contributed by atoms with E-state index in [0.717, 1.165) is 48.3 Å². The average molecular weight is 774 g/mol. The SMILES string of the molecule is O=C(O)c1ccccc1NCc1sc2cc(OCc3ccc(-c4ccccc4)cc3)c(OCc3ccc(-c4ccccc4)cc3)cc2c1Oc1ccc(Cl)cc1. The number of ether oxygens (including phenoxy) is 3. The standard InChI is InChI=1S/C48H36ClNO5S/c49-38-23-25-39(26-24-38)55-47-41-27-43(53-30-32-15-19-36(20-16-32)34-9-3-1-4-10-34)44(54-31-33-17-21-37(22-18-33)35-11-5-2-6-12-35)28-45(41)56-46(47)29-50-42-14-8-7-13-40(42)48(51)52/h1-28,50H,29-31H2,(H,51,52). The van der Waals surface area contributed by atoms with Crippen molar-refractivity contribution in [1.82, 2.24) is 0 Å². The summed E-state index contributed by atoms with van der Waals surface area (Å²) in [6.07, 6.45) is 0. The fraction of sp³-hybridized carbons (Fsp3) is 0.0625. The first-order valence-corrected chi connectivity index (χ1v) is 19.3. The second kappa shape index (κ2) is 16.9. The third-order valence-electron chi connectivity index (χ3n) is 9.32. The predicted molar refractivity (Wildman–Crippen MR) is 226 cm³/mol. The Balaban J connectivity index is 1.13. The van der Waals surface area contributed by atoms with Gasteiger partial charge in [0, 0.05) is 26.9 Å². The normalized spacial score (nSPS) is 10.9. The number of anilines is 1. The van der Waals surface area contributed by atoms with E-state index >= 15 is 0 Å². The highest BCUT2D eigenvalue weighted by Crippen LogP contribution is 2.46. The van der Waals surface area contributed by atoms with Crippen molar-refractivity contribution in [3.63, 3.8) is 0 Å². The van der Waals surface area contributed by atoms with Crippen molar-refractivity contribution in [2.24, 2.45) is 0 Å². The summed E-state index contributed by atoms with van der Waals surface area (Å²) in [4.78, 5) is 12.8. The van der Waals surface area contributed by atoms with E-state index < -0.39 is 5.97 Å². The fourth-order valence-corrected chi connectivity index (χ4v) is 7.58. The van der Waals surface area contributed by atoms with Gasteiger partial charge in [-0.05, 0) is 75.8 Å². The van der Waals surface area contributed by atoms with Crippen molar-refractivity contribution in [2.75, 3.05) is 5.32 Å². The Morgan fingerprint density at radius 3 is 1.70 bits per heavy atom. The van der Waals surface area contributed by atoms with Crippen molar-refractivity contribution in [3.8, 4) is 45.3 Å². The minimum Gasteiger partial charge on any atom is -0.485 e. The van der Waals surface area contributed by atoms with Crippen LogP contribution in [0.5, 0.6) is 23.0 Å². The van der Waals surface area contributed by atoms with Gasteiger partial charge in [-0.2, -0.15) is 0 Å². The van der Waals surface area contributed by atoms with Gasteiger partial charge in [0.2, 0.25) is 0 Å². The summed E-state index contributed by atoms with van der Waals surface area (Å²) in [5, 5.41) is 14.6. The third kappa shape index (κ3) is 8.55. The molecule has 0 saturated heterocycles. The van der Waals surface area contributed by atoms with Crippen LogP contribution in [-0.2, 0) is 19.8 Å². The molecule has 1 aromatic heterocycles. The molecule has 0 aliphatic carbocycles. The molecule has 1 heterocycles. The van der Waals surface area contributed by atoms with Crippen LogP contribution in [0.3, 0.4) is 0 Å². The summed E-state index contributed by atoms with van der Waals surface area (Å²) in [5.74, 6) is 1.41. The van der Waals surface area contributed by atoms with Gasteiger partial charge >= 0.3 is 5.97 Å². The quantitative estimate of drug-likeness (QED) is 0.115. The Hall–Kier alpha value is -6.54. The first kappa shape index (κ1) is 36.4. The molecule has 276 valence electrons. The molecule has 0 radical (unpaired) electrons. The molecule has 0 spiro atoms. The van der Waals surface area contributed by atoms with Crippen LogP contribution in [0.1, 0.15) is 26.4 Å². The number of halogens is 1. The van der Waals surface area contributed by atoms with E-state index in [1.807, 2.05) is 66.7 Å². The van der Waals surface area contributed by atoms with Gasteiger partial charge in [-0.3, -0.25) is 0 Å². The van der Waals surface area contributed by atoms with Crippen molar-refractivity contribution < 1.29 is 24.1 Å². The molecule has 0 fully saturated rings. The smallest absolute Gasteiger partial charge is 0.337 e. The van der Waals surface area contributed by atoms with E-state index in [1.54, 1.807) is 41.7 Å². The largest absolute Gasteiger partial charge is 0.485 e. The second-order valence-corrected chi connectivity index (χ2v) is 14.7. The van der Waals surface area contributed by atoms with E-state index in [1.165, 1.54) is 0 Å². The lowest BCUT2D eigenvalue weighted by Crippen LogP contribution is -2.05. The lowest BCUT2D eigenvalue weighted by Gasteiger charge is -2.15. The van der Waals surface area contributed by atoms with Crippen molar-refractivity contribution in [2.45, 2.75) is 19.8 Å². The topological polar surface area (TPSA) is 77.0 Å². The van der Waals surface area contributed by atoms with E-state index in [0.29, 0.717) is 53.5 Å². The number of para-hydroxylation sites is 1. The highest BCUT2D eigenvalue weighted by atomic mass is 35.5. The minimum atomic E-state index is -1.00. The van der Waals surface area contributed by atoms with E-state index in [4.69, 9.17) is 25.8 Å². The average Bonchev–Trinajstić information content (AvgIpc) is 3.58. The first-order valence-electron chi connectivity index (χ1n) is 18.1. The number of aromatic carboxylic acids is 1. The number of carbonyl (C=O) groups is 1. The summed E-state index contributed by atoms with van der Waals surface area (Å²) < 4.78 is 20.6. The van der Waals surface area contributed by atoms with E-state index in [2.05, 4.69) is 78.1 Å². The van der Waals surface area contributed by atoms with Gasteiger partial charge in [-0.1, -0.05) is 133 Å². The molecule has 8 heteroatoms. The molecule has 2 N–H and O–H groups in total. The van der Waals surface area contributed by atoms with Gasteiger partial charge in [0.1, 0.15) is 19.0 Å². The fourth-order valence-electron chi connectivity index (χ4n) is 6.38. The predicted octanol–water partition coefficient (Wildman–Crippen LogP) is 13.1. The lowest BCUT2D eigenvalue weighted by molar-refractivity contribution is 0.0698. The molecule has 0 atom stereocenters. The van der Waals surface area contributed by atoms with Crippen molar-refractivity contribution in [1.29, 1.82) is 0 Å². The number of carboxylic acids is 1. The maximum absolute atomic E-state index is 12.0. The molecular weight excluding hydrogens is 738 g/mol. The molecule has 7 aromatic carbocycles. The van der Waals surface area contributed by atoms with Gasteiger partial charge in [0.05, 0.1) is 17.0 Å². The number of hydrogen-bond acceptors (Lipinski definition) is 6. The maximum atomic E-state index is 12.0. The second-order valence-electron chi connectivity index (χ2n) is 13.1. The molecule has 6 nitrogen and oxygen atoms in total. The number of benzene rings is 7. The highest BCUT2D eigenvalue weighted by Gasteiger charge is 2.20. The lowest BCUT2D eigenvalue weighted by atomic mass is 10.0. The minimum absolute atomic E-state index is 0.189.